The Balaban J connectivity index is 1.10. The summed E-state index contributed by atoms with van der Waals surface area (Å²) in [6.07, 6.45) is 10.2. The summed E-state index contributed by atoms with van der Waals surface area (Å²) in [7, 11) is 0. The summed E-state index contributed by atoms with van der Waals surface area (Å²) in [6, 6.07) is 4.28. The molecule has 6 rings (SSSR count). The molecule has 2 aliphatic heterocycles. The Morgan fingerprint density at radius 3 is 2.59 bits per heavy atom. The van der Waals surface area contributed by atoms with E-state index in [0.29, 0.717) is 31.2 Å². The van der Waals surface area contributed by atoms with Crippen molar-refractivity contribution in [3.8, 4) is 5.75 Å². The molecule has 0 bridgehead atoms. The third-order valence-electron chi connectivity index (χ3n) is 7.60. The van der Waals surface area contributed by atoms with Gasteiger partial charge in [0.05, 0.1) is 43.2 Å². The second kappa shape index (κ2) is 11.1. The quantitative estimate of drug-likeness (QED) is 0.512. The van der Waals surface area contributed by atoms with Crippen LogP contribution in [-0.4, -0.2) is 71.6 Å². The number of rotatable bonds is 7. The molecule has 1 unspecified atom stereocenters. The fourth-order valence-electron chi connectivity index (χ4n) is 5.52. The summed E-state index contributed by atoms with van der Waals surface area (Å²) < 4.78 is 32.5. The average molecular weight is 509 g/mol. The van der Waals surface area contributed by atoms with Gasteiger partial charge in [-0.1, -0.05) is 0 Å². The molecule has 2 saturated heterocycles. The lowest BCUT2D eigenvalue weighted by Gasteiger charge is -2.31. The molecule has 1 atom stereocenters. The van der Waals surface area contributed by atoms with Crippen LogP contribution in [0, 0.1) is 11.7 Å². The number of ether oxygens (including phenoxy) is 3. The van der Waals surface area contributed by atoms with Crippen LogP contribution in [0.2, 0.25) is 0 Å². The summed E-state index contributed by atoms with van der Waals surface area (Å²) in [5.41, 5.74) is 3.20. The number of morpholine rings is 1. The minimum Gasteiger partial charge on any atom is -0.488 e. The number of fused-ring (bicyclic) bond motifs is 1. The highest BCUT2D eigenvalue weighted by Gasteiger charge is 2.27. The van der Waals surface area contributed by atoms with Gasteiger partial charge < -0.3 is 24.4 Å². The molecule has 37 heavy (non-hydrogen) atoms. The van der Waals surface area contributed by atoms with Crippen LogP contribution < -0.4 is 15.0 Å². The Morgan fingerprint density at radius 1 is 0.946 bits per heavy atom. The van der Waals surface area contributed by atoms with Gasteiger partial charge in [0, 0.05) is 43.8 Å². The third-order valence-corrected chi connectivity index (χ3v) is 7.60. The standard InChI is InChI=1S/C27H33FN6O3/c28-25-22(31-17-32-27(25)33-19-5-10-36-16-19)13-18-1-3-21(4-2-18)37-24-15-20(34-8-11-35-12-9-34)14-23-26(24)30-7-6-29-23/h6-7,14-15,17-19,21H,1-5,8-13,16H2,(H,31,32,33). The Kier molecular flexibility index (Phi) is 7.27. The highest BCUT2D eigenvalue weighted by molar-refractivity contribution is 5.85. The van der Waals surface area contributed by atoms with Gasteiger partial charge in [0.15, 0.2) is 11.6 Å². The first-order valence-corrected chi connectivity index (χ1v) is 13.3. The van der Waals surface area contributed by atoms with E-state index in [0.717, 1.165) is 80.9 Å². The van der Waals surface area contributed by atoms with Crippen molar-refractivity contribution in [2.24, 2.45) is 5.92 Å². The molecule has 0 radical (unpaired) electrons. The SMILES string of the molecule is Fc1c(CC2CCC(Oc3cc(N4CCOCC4)cc4nccnc34)CC2)ncnc1NC1CCOC1. The van der Waals surface area contributed by atoms with Crippen molar-refractivity contribution in [3.05, 3.63) is 42.4 Å². The molecule has 1 aromatic carbocycles. The minimum absolute atomic E-state index is 0.0937. The van der Waals surface area contributed by atoms with E-state index in [9.17, 15) is 0 Å². The number of nitrogens with zero attached hydrogens (tertiary/aromatic N) is 5. The summed E-state index contributed by atoms with van der Waals surface area (Å²) in [6.45, 7) is 4.42. The molecule has 3 fully saturated rings. The Bertz CT molecular complexity index is 1210. The van der Waals surface area contributed by atoms with Gasteiger partial charge >= 0.3 is 0 Å². The molecule has 1 N–H and O–H groups in total. The van der Waals surface area contributed by atoms with Gasteiger partial charge in [-0.2, -0.15) is 0 Å². The van der Waals surface area contributed by atoms with Crippen molar-refractivity contribution < 1.29 is 18.6 Å². The van der Waals surface area contributed by atoms with Crippen molar-refractivity contribution in [2.45, 2.75) is 50.7 Å². The predicted molar refractivity (Wildman–Crippen MR) is 137 cm³/mol. The van der Waals surface area contributed by atoms with Crippen LogP contribution >= 0.6 is 0 Å². The van der Waals surface area contributed by atoms with Crippen LogP contribution in [0.4, 0.5) is 15.9 Å². The maximum atomic E-state index is 15.1. The average Bonchev–Trinajstić information content (AvgIpc) is 3.46. The summed E-state index contributed by atoms with van der Waals surface area (Å²) >= 11 is 0. The zero-order chi connectivity index (χ0) is 25.0. The second-order valence-corrected chi connectivity index (χ2v) is 10.1. The predicted octanol–water partition coefficient (Wildman–Crippen LogP) is 3.78. The van der Waals surface area contributed by atoms with E-state index >= 15 is 4.39 Å². The van der Waals surface area contributed by atoms with Crippen LogP contribution in [0.3, 0.4) is 0 Å². The van der Waals surface area contributed by atoms with Crippen molar-refractivity contribution in [1.82, 2.24) is 19.9 Å². The number of benzene rings is 1. The van der Waals surface area contributed by atoms with E-state index in [2.05, 4.69) is 42.3 Å². The minimum atomic E-state index is -0.335. The number of hydrogen-bond acceptors (Lipinski definition) is 9. The summed E-state index contributed by atoms with van der Waals surface area (Å²) in [5, 5.41) is 3.17. The lowest BCUT2D eigenvalue weighted by atomic mass is 9.84. The lowest BCUT2D eigenvalue weighted by Crippen LogP contribution is -2.36. The highest BCUT2D eigenvalue weighted by atomic mass is 19.1. The van der Waals surface area contributed by atoms with Gasteiger partial charge in [-0.05, 0) is 50.5 Å². The van der Waals surface area contributed by atoms with E-state index in [1.54, 1.807) is 12.4 Å². The normalized spacial score (nSPS) is 24.4. The lowest BCUT2D eigenvalue weighted by molar-refractivity contribution is 0.122. The van der Waals surface area contributed by atoms with Gasteiger partial charge in [-0.15, -0.1) is 0 Å². The number of aromatic nitrogens is 4. The third kappa shape index (κ3) is 5.60. The fraction of sp³-hybridized carbons (Fsp3) is 0.556. The smallest absolute Gasteiger partial charge is 0.186 e. The zero-order valence-corrected chi connectivity index (χ0v) is 20.9. The van der Waals surface area contributed by atoms with E-state index in [1.807, 2.05) is 0 Å². The number of halogens is 1. The van der Waals surface area contributed by atoms with E-state index < -0.39 is 0 Å². The maximum absolute atomic E-state index is 15.1. The molecule has 196 valence electrons. The van der Waals surface area contributed by atoms with E-state index in [4.69, 9.17) is 14.2 Å². The van der Waals surface area contributed by atoms with E-state index in [-0.39, 0.29) is 23.8 Å². The van der Waals surface area contributed by atoms with Crippen molar-refractivity contribution in [1.29, 1.82) is 0 Å². The largest absolute Gasteiger partial charge is 0.488 e. The second-order valence-electron chi connectivity index (χ2n) is 10.1. The molecule has 3 aliphatic rings. The van der Waals surface area contributed by atoms with Crippen molar-refractivity contribution in [2.75, 3.05) is 49.7 Å². The molecule has 2 aromatic heterocycles. The van der Waals surface area contributed by atoms with Crippen molar-refractivity contribution >= 4 is 22.5 Å². The first-order chi connectivity index (χ1) is 18.2. The fourth-order valence-corrected chi connectivity index (χ4v) is 5.52. The molecule has 4 heterocycles. The summed E-state index contributed by atoms with van der Waals surface area (Å²) in [4.78, 5) is 19.8. The molecule has 0 spiro atoms. The zero-order valence-electron chi connectivity index (χ0n) is 20.9. The van der Waals surface area contributed by atoms with Gasteiger partial charge in [-0.25, -0.2) is 19.3 Å². The van der Waals surface area contributed by atoms with Crippen LogP contribution in [0.1, 0.15) is 37.8 Å². The van der Waals surface area contributed by atoms with E-state index in [1.165, 1.54) is 6.33 Å². The molecule has 1 aliphatic carbocycles. The number of anilines is 2. The maximum Gasteiger partial charge on any atom is 0.186 e. The number of hydrogen-bond donors (Lipinski definition) is 1. The first-order valence-electron chi connectivity index (χ1n) is 13.3. The number of nitrogens with one attached hydrogen (secondary N) is 1. The van der Waals surface area contributed by atoms with Gasteiger partial charge in [0.1, 0.15) is 17.6 Å². The van der Waals surface area contributed by atoms with Crippen LogP contribution in [0.15, 0.2) is 30.9 Å². The highest BCUT2D eigenvalue weighted by Crippen LogP contribution is 2.35. The van der Waals surface area contributed by atoms with Crippen LogP contribution in [0.25, 0.3) is 11.0 Å². The topological polar surface area (TPSA) is 94.5 Å². The summed E-state index contributed by atoms with van der Waals surface area (Å²) in [5.74, 6) is 1.09. The molecular weight excluding hydrogens is 475 g/mol. The Labute approximate surface area is 215 Å². The molecule has 3 aromatic rings. The molecule has 0 amide bonds. The molecular formula is C27H33FN6O3. The molecule has 9 nitrogen and oxygen atoms in total. The monoisotopic (exact) mass is 508 g/mol. The molecule has 1 saturated carbocycles. The Hall–Kier alpha value is -3.11. The van der Waals surface area contributed by atoms with Crippen LogP contribution in [0.5, 0.6) is 5.75 Å². The first kappa shape index (κ1) is 24.2. The van der Waals surface area contributed by atoms with Crippen molar-refractivity contribution in [3.63, 3.8) is 0 Å². The van der Waals surface area contributed by atoms with Gasteiger partial charge in [0.2, 0.25) is 0 Å². The van der Waals surface area contributed by atoms with Gasteiger partial charge in [-0.3, -0.25) is 4.98 Å². The Morgan fingerprint density at radius 2 is 1.78 bits per heavy atom. The molecule has 10 heteroatoms. The van der Waals surface area contributed by atoms with Gasteiger partial charge in [0.25, 0.3) is 0 Å². The van der Waals surface area contributed by atoms with Crippen LogP contribution in [-0.2, 0) is 15.9 Å².